The molecule has 2 rings (SSSR count). The highest BCUT2D eigenvalue weighted by atomic mass is 127. The summed E-state index contributed by atoms with van der Waals surface area (Å²) in [5, 5.41) is 3.43. The van der Waals surface area contributed by atoms with Gasteiger partial charge in [-0.05, 0) is 80.7 Å². The second-order valence-corrected chi connectivity index (χ2v) is 6.73. The summed E-state index contributed by atoms with van der Waals surface area (Å²) in [4.78, 5) is 1.30. The SMILES string of the molecule is CSc1ccc(CNc2ccc(I)c(Br)c2)cc1. The lowest BCUT2D eigenvalue weighted by atomic mass is 10.2. The summed E-state index contributed by atoms with van der Waals surface area (Å²) >= 11 is 7.62. The lowest BCUT2D eigenvalue weighted by molar-refractivity contribution is 1.14. The zero-order chi connectivity index (χ0) is 13.0. The third-order valence-corrected chi connectivity index (χ3v) is 5.66. The van der Waals surface area contributed by atoms with Gasteiger partial charge in [0.05, 0.1) is 0 Å². The molecule has 0 spiro atoms. The maximum atomic E-state index is 3.54. The summed E-state index contributed by atoms with van der Waals surface area (Å²) in [7, 11) is 0. The Morgan fingerprint density at radius 3 is 2.50 bits per heavy atom. The Hall–Kier alpha value is -0.200. The molecule has 0 unspecified atom stereocenters. The van der Waals surface area contributed by atoms with Gasteiger partial charge in [0.1, 0.15) is 0 Å². The number of hydrogen-bond acceptors (Lipinski definition) is 2. The molecule has 94 valence electrons. The molecule has 0 bridgehead atoms. The Bertz CT molecular complexity index is 528. The van der Waals surface area contributed by atoms with Gasteiger partial charge >= 0.3 is 0 Å². The lowest BCUT2D eigenvalue weighted by Crippen LogP contribution is -1.99. The van der Waals surface area contributed by atoms with Crippen molar-refractivity contribution in [3.05, 3.63) is 56.1 Å². The van der Waals surface area contributed by atoms with Crippen LogP contribution in [0.1, 0.15) is 5.56 Å². The summed E-state index contributed by atoms with van der Waals surface area (Å²) in [5.74, 6) is 0. The van der Waals surface area contributed by atoms with E-state index in [1.807, 2.05) is 0 Å². The highest BCUT2D eigenvalue weighted by Crippen LogP contribution is 2.23. The molecule has 0 aromatic heterocycles. The molecule has 0 aliphatic heterocycles. The van der Waals surface area contributed by atoms with Crippen LogP contribution in [0.5, 0.6) is 0 Å². The predicted octanol–water partition coefficient (Wildman–Crippen LogP) is 5.39. The first-order valence-electron chi connectivity index (χ1n) is 5.51. The molecule has 0 heterocycles. The Kier molecular flexibility index (Phi) is 5.38. The van der Waals surface area contributed by atoms with Crippen LogP contribution in [0.3, 0.4) is 0 Å². The van der Waals surface area contributed by atoms with E-state index in [1.54, 1.807) is 11.8 Å². The number of nitrogens with one attached hydrogen (secondary N) is 1. The van der Waals surface area contributed by atoms with Crippen molar-refractivity contribution in [3.8, 4) is 0 Å². The fourth-order valence-corrected chi connectivity index (χ4v) is 2.68. The second-order valence-electron chi connectivity index (χ2n) is 3.83. The summed E-state index contributed by atoms with van der Waals surface area (Å²) < 4.78 is 2.35. The Balaban J connectivity index is 1.99. The first-order chi connectivity index (χ1) is 8.69. The minimum atomic E-state index is 0.849. The monoisotopic (exact) mass is 433 g/mol. The van der Waals surface area contributed by atoms with Gasteiger partial charge in [-0.2, -0.15) is 0 Å². The molecule has 0 aliphatic carbocycles. The van der Waals surface area contributed by atoms with Gasteiger partial charge in [0.2, 0.25) is 0 Å². The summed E-state index contributed by atoms with van der Waals surface area (Å²) in [6.45, 7) is 0.849. The van der Waals surface area contributed by atoms with E-state index >= 15 is 0 Å². The molecule has 1 nitrogen and oxygen atoms in total. The van der Waals surface area contributed by atoms with Crippen molar-refractivity contribution in [1.82, 2.24) is 0 Å². The molecule has 0 radical (unpaired) electrons. The van der Waals surface area contributed by atoms with E-state index in [9.17, 15) is 0 Å². The van der Waals surface area contributed by atoms with Crippen molar-refractivity contribution in [2.75, 3.05) is 11.6 Å². The maximum absolute atomic E-state index is 3.54. The van der Waals surface area contributed by atoms with Crippen LogP contribution in [0, 0.1) is 3.57 Å². The maximum Gasteiger partial charge on any atom is 0.0400 e. The van der Waals surface area contributed by atoms with E-state index in [2.05, 4.69) is 92.6 Å². The predicted molar refractivity (Wildman–Crippen MR) is 92.4 cm³/mol. The molecule has 18 heavy (non-hydrogen) atoms. The molecule has 0 saturated heterocycles. The molecule has 1 N–H and O–H groups in total. The average molecular weight is 434 g/mol. The topological polar surface area (TPSA) is 12.0 Å². The largest absolute Gasteiger partial charge is 0.381 e. The third kappa shape index (κ3) is 3.90. The van der Waals surface area contributed by atoms with Crippen LogP contribution in [0.25, 0.3) is 0 Å². The normalized spacial score (nSPS) is 10.4. The van der Waals surface area contributed by atoms with Crippen molar-refractivity contribution in [2.24, 2.45) is 0 Å². The van der Waals surface area contributed by atoms with Crippen LogP contribution >= 0.6 is 50.3 Å². The number of benzene rings is 2. The van der Waals surface area contributed by atoms with Crippen molar-refractivity contribution >= 4 is 56.0 Å². The molecule has 0 fully saturated rings. The molecule has 0 amide bonds. The molecule has 0 atom stereocenters. The van der Waals surface area contributed by atoms with Crippen molar-refractivity contribution < 1.29 is 0 Å². The fraction of sp³-hybridized carbons (Fsp3) is 0.143. The van der Waals surface area contributed by atoms with E-state index in [0.717, 1.165) is 16.7 Å². The van der Waals surface area contributed by atoms with Crippen LogP contribution in [-0.4, -0.2) is 6.26 Å². The van der Waals surface area contributed by atoms with Crippen molar-refractivity contribution in [2.45, 2.75) is 11.4 Å². The van der Waals surface area contributed by atoms with E-state index < -0.39 is 0 Å². The van der Waals surface area contributed by atoms with Gasteiger partial charge in [-0.25, -0.2) is 0 Å². The number of thioether (sulfide) groups is 1. The quantitative estimate of drug-likeness (QED) is 0.512. The van der Waals surface area contributed by atoms with Crippen molar-refractivity contribution in [1.29, 1.82) is 0 Å². The molecule has 0 saturated carbocycles. The van der Waals surface area contributed by atoms with Gasteiger partial charge in [-0.3, -0.25) is 0 Å². The van der Waals surface area contributed by atoms with Crippen LogP contribution < -0.4 is 5.32 Å². The van der Waals surface area contributed by atoms with Gasteiger partial charge in [0.15, 0.2) is 0 Å². The second kappa shape index (κ2) is 6.82. The highest BCUT2D eigenvalue weighted by molar-refractivity contribution is 14.1. The minimum Gasteiger partial charge on any atom is -0.381 e. The van der Waals surface area contributed by atoms with Gasteiger partial charge in [-0.15, -0.1) is 11.8 Å². The van der Waals surface area contributed by atoms with Gasteiger partial charge < -0.3 is 5.32 Å². The molecule has 0 aliphatic rings. The summed E-state index contributed by atoms with van der Waals surface area (Å²) in [6, 6.07) is 15.0. The highest BCUT2D eigenvalue weighted by Gasteiger charge is 1.99. The van der Waals surface area contributed by atoms with E-state index in [1.165, 1.54) is 14.0 Å². The minimum absolute atomic E-state index is 0.849. The first-order valence-corrected chi connectivity index (χ1v) is 8.60. The molecular formula is C14H13BrINS. The number of hydrogen-bond donors (Lipinski definition) is 1. The van der Waals surface area contributed by atoms with Crippen LogP contribution in [0.15, 0.2) is 51.8 Å². The summed E-state index contributed by atoms with van der Waals surface area (Å²) in [5.41, 5.74) is 2.43. The molecule has 4 heteroatoms. The number of halogens is 2. The number of anilines is 1. The van der Waals surface area contributed by atoms with E-state index in [-0.39, 0.29) is 0 Å². The molecular weight excluding hydrogens is 421 g/mol. The van der Waals surface area contributed by atoms with E-state index in [0.29, 0.717) is 0 Å². The Labute approximate surface area is 134 Å². The van der Waals surface area contributed by atoms with Crippen LogP contribution in [0.4, 0.5) is 5.69 Å². The van der Waals surface area contributed by atoms with Gasteiger partial charge in [0, 0.05) is 25.2 Å². The smallest absolute Gasteiger partial charge is 0.0400 e. The van der Waals surface area contributed by atoms with Crippen molar-refractivity contribution in [3.63, 3.8) is 0 Å². The molecule has 2 aromatic carbocycles. The molecule has 2 aromatic rings. The Morgan fingerprint density at radius 1 is 1.17 bits per heavy atom. The van der Waals surface area contributed by atoms with Gasteiger partial charge in [0.25, 0.3) is 0 Å². The zero-order valence-corrected chi connectivity index (χ0v) is 14.5. The first kappa shape index (κ1) is 14.2. The fourth-order valence-electron chi connectivity index (χ4n) is 1.55. The van der Waals surface area contributed by atoms with E-state index in [4.69, 9.17) is 0 Å². The zero-order valence-electron chi connectivity index (χ0n) is 9.91. The third-order valence-electron chi connectivity index (χ3n) is 2.58. The average Bonchev–Trinajstić information content (AvgIpc) is 2.41. The summed E-state index contributed by atoms with van der Waals surface area (Å²) in [6.07, 6.45) is 2.09. The van der Waals surface area contributed by atoms with Gasteiger partial charge in [-0.1, -0.05) is 12.1 Å². The lowest BCUT2D eigenvalue weighted by Gasteiger charge is -2.08. The standard InChI is InChI=1S/C14H13BrINS/c1-18-12-5-2-10(3-6-12)9-17-11-4-7-14(16)13(15)8-11/h2-8,17H,9H2,1H3. The van der Waals surface area contributed by atoms with Crippen LogP contribution in [-0.2, 0) is 6.54 Å². The number of rotatable bonds is 4. The Morgan fingerprint density at radius 2 is 1.89 bits per heavy atom. The van der Waals surface area contributed by atoms with Crippen LogP contribution in [0.2, 0.25) is 0 Å².